The fourth-order valence-electron chi connectivity index (χ4n) is 7.56. The van der Waals surface area contributed by atoms with E-state index in [-0.39, 0.29) is 71.9 Å². The van der Waals surface area contributed by atoms with Gasteiger partial charge in [-0.15, -0.1) is 0 Å². The maximum Gasteiger partial charge on any atom is 0.421 e. The number of rotatable bonds is 6. The summed E-state index contributed by atoms with van der Waals surface area (Å²) in [5, 5.41) is 3.07. The van der Waals surface area contributed by atoms with Gasteiger partial charge in [-0.2, -0.15) is 23.1 Å². The van der Waals surface area contributed by atoms with Gasteiger partial charge in [0.1, 0.15) is 35.8 Å². The predicted octanol–water partition coefficient (Wildman–Crippen LogP) is 5.62. The van der Waals surface area contributed by atoms with Crippen LogP contribution in [0.25, 0.3) is 22.2 Å². The molecule has 45 heavy (non-hydrogen) atoms. The van der Waals surface area contributed by atoms with Gasteiger partial charge in [-0.25, -0.2) is 22.5 Å². The van der Waals surface area contributed by atoms with Crippen LogP contribution in [0.2, 0.25) is 5.02 Å². The van der Waals surface area contributed by atoms with Crippen molar-refractivity contribution in [2.24, 2.45) is 0 Å². The number of piperazine rings is 1. The Morgan fingerprint density at radius 1 is 1.13 bits per heavy atom. The summed E-state index contributed by atoms with van der Waals surface area (Å²) in [7, 11) is 0. The number of benzene rings is 1. The van der Waals surface area contributed by atoms with Crippen molar-refractivity contribution in [3.05, 3.63) is 34.6 Å². The Hall–Kier alpha value is -3.17. The lowest BCUT2D eigenvalue weighted by molar-refractivity contribution is -0.139. The second-order valence-electron chi connectivity index (χ2n) is 12.5. The van der Waals surface area contributed by atoms with Gasteiger partial charge in [-0.05, 0) is 44.4 Å². The average molecular weight is 660 g/mol. The summed E-state index contributed by atoms with van der Waals surface area (Å²) in [4.78, 5) is 16.6. The van der Waals surface area contributed by atoms with Gasteiger partial charge in [-0.1, -0.05) is 11.6 Å². The molecular formula is C29H29ClF7N7O. The molecule has 1 aromatic carbocycles. The Morgan fingerprint density at radius 2 is 1.93 bits per heavy atom. The molecule has 2 bridgehead atoms. The molecule has 4 unspecified atom stereocenters. The highest BCUT2D eigenvalue weighted by molar-refractivity contribution is 6.34. The van der Waals surface area contributed by atoms with E-state index in [2.05, 4.69) is 20.3 Å². The quantitative estimate of drug-likeness (QED) is 0.330. The van der Waals surface area contributed by atoms with Crippen LogP contribution >= 0.6 is 11.6 Å². The molecule has 0 radical (unpaired) electrons. The molecule has 0 aliphatic carbocycles. The van der Waals surface area contributed by atoms with Crippen molar-refractivity contribution < 1.29 is 35.5 Å². The standard InChI is InChI=1S/C29H29ClF7N7O/c30-18-6-17-20(7-16(18)23-22(29(35,36)37)19(32)8-21(38)40-23)39-26(45-13-27-3-1-5-44(27)10-14(31)9-27)41-24(17)43-11-15-2-4-28(12-43,42-15)25(33)34/h6-8,14-15,25,42H,1-5,9-13H2,(H2,38,40). The number of halogens is 8. The maximum absolute atomic E-state index is 14.6. The van der Waals surface area contributed by atoms with Crippen LogP contribution in [0, 0.1) is 5.82 Å². The van der Waals surface area contributed by atoms with Crippen molar-refractivity contribution in [3.63, 3.8) is 0 Å². The first-order valence-electron chi connectivity index (χ1n) is 14.6. The van der Waals surface area contributed by atoms with Crippen molar-refractivity contribution in [1.82, 2.24) is 25.2 Å². The number of nitrogens with two attached hydrogens (primary N) is 1. The number of nitrogen functional groups attached to an aromatic ring is 1. The Bertz CT molecular complexity index is 1660. The van der Waals surface area contributed by atoms with E-state index in [1.54, 1.807) is 4.90 Å². The summed E-state index contributed by atoms with van der Waals surface area (Å²) in [6.45, 7) is 1.29. The SMILES string of the molecule is Nc1cc(F)c(C(F)(F)F)c(-c2cc3nc(OCC45CCCN4CC(F)C5)nc(N4CC5CCC(C(F)F)(C4)N5)c3cc2Cl)n1. The number of ether oxygens (including phenoxy) is 1. The first-order valence-corrected chi connectivity index (χ1v) is 15.0. The van der Waals surface area contributed by atoms with E-state index in [1.165, 1.54) is 12.1 Å². The van der Waals surface area contributed by atoms with Crippen LogP contribution < -0.4 is 20.7 Å². The molecule has 4 fully saturated rings. The lowest BCUT2D eigenvalue weighted by atomic mass is 9.95. The summed E-state index contributed by atoms with van der Waals surface area (Å²) in [5.41, 5.74) is 0.899. The summed E-state index contributed by atoms with van der Waals surface area (Å²) in [6.07, 6.45) is -6.19. The van der Waals surface area contributed by atoms with Crippen LogP contribution in [0.1, 0.15) is 37.7 Å². The van der Waals surface area contributed by atoms with E-state index in [4.69, 9.17) is 22.1 Å². The molecule has 16 heteroatoms. The van der Waals surface area contributed by atoms with Gasteiger partial charge in [0.25, 0.3) is 6.43 Å². The molecule has 4 atom stereocenters. The monoisotopic (exact) mass is 659 g/mol. The molecule has 4 aliphatic rings. The molecule has 7 rings (SSSR count). The van der Waals surface area contributed by atoms with Gasteiger partial charge < -0.3 is 20.7 Å². The third-order valence-corrected chi connectivity index (χ3v) is 9.88. The average Bonchev–Trinajstić information content (AvgIpc) is 3.59. The smallest absolute Gasteiger partial charge is 0.421 e. The van der Waals surface area contributed by atoms with Crippen LogP contribution in [-0.2, 0) is 6.18 Å². The number of pyridine rings is 1. The van der Waals surface area contributed by atoms with Crippen molar-refractivity contribution in [2.45, 2.75) is 68.0 Å². The maximum atomic E-state index is 14.6. The number of nitrogens with zero attached hydrogens (tertiary/aromatic N) is 5. The van der Waals surface area contributed by atoms with E-state index in [0.717, 1.165) is 13.0 Å². The molecular weight excluding hydrogens is 631 g/mol. The van der Waals surface area contributed by atoms with E-state index >= 15 is 0 Å². The summed E-state index contributed by atoms with van der Waals surface area (Å²) in [6, 6.07) is 2.58. The summed E-state index contributed by atoms with van der Waals surface area (Å²) < 4.78 is 106. The molecule has 8 nitrogen and oxygen atoms in total. The van der Waals surface area contributed by atoms with Gasteiger partial charge in [-0.3, -0.25) is 4.90 Å². The number of alkyl halides is 6. The molecule has 4 saturated heterocycles. The molecule has 0 saturated carbocycles. The number of hydrogen-bond acceptors (Lipinski definition) is 8. The number of nitrogens with one attached hydrogen (secondary N) is 1. The lowest BCUT2D eigenvalue weighted by Gasteiger charge is -2.41. The highest BCUT2D eigenvalue weighted by Gasteiger charge is 2.52. The second-order valence-corrected chi connectivity index (χ2v) is 12.9. The fraction of sp³-hybridized carbons (Fsp3) is 0.552. The van der Waals surface area contributed by atoms with E-state index in [9.17, 15) is 30.7 Å². The predicted molar refractivity (Wildman–Crippen MR) is 153 cm³/mol. The first-order chi connectivity index (χ1) is 21.3. The first kappa shape index (κ1) is 30.5. The zero-order valence-corrected chi connectivity index (χ0v) is 24.5. The minimum absolute atomic E-state index is 0.0597. The largest absolute Gasteiger partial charge is 0.461 e. The summed E-state index contributed by atoms with van der Waals surface area (Å²) >= 11 is 6.53. The van der Waals surface area contributed by atoms with Crippen molar-refractivity contribution in [3.8, 4) is 17.3 Å². The van der Waals surface area contributed by atoms with Crippen LogP contribution in [0.3, 0.4) is 0 Å². The normalized spacial score (nSPS) is 28.4. The van der Waals surface area contributed by atoms with Crippen LogP contribution in [0.15, 0.2) is 18.2 Å². The lowest BCUT2D eigenvalue weighted by Crippen LogP contribution is -2.63. The minimum Gasteiger partial charge on any atom is -0.461 e. The molecule has 2 aromatic heterocycles. The topological polar surface area (TPSA) is 92.4 Å². The molecule has 0 amide bonds. The Balaban J connectivity index is 1.36. The number of hydrogen-bond donors (Lipinski definition) is 2. The fourth-order valence-corrected chi connectivity index (χ4v) is 7.81. The molecule has 4 aliphatic heterocycles. The molecule has 242 valence electrons. The Kier molecular flexibility index (Phi) is 7.24. The van der Waals surface area contributed by atoms with Gasteiger partial charge in [0, 0.05) is 49.1 Å². The highest BCUT2D eigenvalue weighted by Crippen LogP contribution is 2.45. The zero-order valence-electron chi connectivity index (χ0n) is 23.8. The van der Waals surface area contributed by atoms with Gasteiger partial charge in [0.2, 0.25) is 0 Å². The molecule has 6 heterocycles. The third-order valence-electron chi connectivity index (χ3n) is 9.57. The number of fused-ring (bicyclic) bond motifs is 4. The van der Waals surface area contributed by atoms with Crippen LogP contribution in [0.4, 0.5) is 42.4 Å². The third kappa shape index (κ3) is 5.20. The molecule has 3 aromatic rings. The van der Waals surface area contributed by atoms with E-state index < -0.39 is 52.7 Å². The second kappa shape index (κ2) is 10.7. The highest BCUT2D eigenvalue weighted by atomic mass is 35.5. The van der Waals surface area contributed by atoms with E-state index in [1.807, 2.05) is 4.90 Å². The molecule has 0 spiro atoms. The Labute approximate surface area is 258 Å². The van der Waals surface area contributed by atoms with Crippen molar-refractivity contribution in [1.29, 1.82) is 0 Å². The number of anilines is 2. The Morgan fingerprint density at radius 3 is 2.69 bits per heavy atom. The minimum atomic E-state index is -5.13. The van der Waals surface area contributed by atoms with Gasteiger partial charge in [0.15, 0.2) is 0 Å². The zero-order chi connectivity index (χ0) is 31.9. The van der Waals surface area contributed by atoms with E-state index in [0.29, 0.717) is 25.5 Å². The van der Waals surface area contributed by atoms with Crippen molar-refractivity contribution in [2.75, 3.05) is 43.4 Å². The summed E-state index contributed by atoms with van der Waals surface area (Å²) in [5.74, 6) is -1.90. The van der Waals surface area contributed by atoms with Crippen LogP contribution in [-0.4, -0.2) is 82.4 Å². The molecule has 3 N–H and O–H groups in total. The van der Waals surface area contributed by atoms with Crippen molar-refractivity contribution >= 4 is 34.1 Å². The van der Waals surface area contributed by atoms with Gasteiger partial charge >= 0.3 is 12.2 Å². The number of aromatic nitrogens is 3. The van der Waals surface area contributed by atoms with Crippen LogP contribution in [0.5, 0.6) is 6.01 Å². The van der Waals surface area contributed by atoms with Gasteiger partial charge in [0.05, 0.1) is 27.3 Å².